The van der Waals surface area contributed by atoms with E-state index in [1.807, 2.05) is 5.51 Å². The minimum Gasteiger partial charge on any atom is -0.245 e. The summed E-state index contributed by atoms with van der Waals surface area (Å²) < 4.78 is 1.30. The number of nitrogens with zero attached hydrogens (tertiary/aromatic N) is 1. The van der Waals surface area contributed by atoms with Crippen LogP contribution in [-0.2, 0) is 0 Å². The van der Waals surface area contributed by atoms with Crippen LogP contribution in [0.15, 0.2) is 17.2 Å². The highest BCUT2D eigenvalue weighted by Gasteiger charge is 1.99. The Bertz CT molecular complexity index is 425. The number of hydrogen-bond donors (Lipinski definition) is 0. The lowest BCUT2D eigenvalue weighted by Crippen LogP contribution is -2.20. The van der Waals surface area contributed by atoms with Gasteiger partial charge in [0.15, 0.2) is 0 Å². The number of aromatic nitrogens is 1. The van der Waals surface area contributed by atoms with Crippen LogP contribution < -0.4 is 9.88 Å². The molecule has 0 saturated heterocycles. The molecule has 1 aromatic rings. The SMILES string of the molecule is CC1=CC(C)C=c2scnc2=C1. The van der Waals surface area contributed by atoms with E-state index in [0.717, 1.165) is 5.35 Å². The predicted molar refractivity (Wildman–Crippen MR) is 53.2 cm³/mol. The van der Waals surface area contributed by atoms with Gasteiger partial charge in [0.05, 0.1) is 15.4 Å². The average molecular weight is 177 g/mol. The number of allylic oxidation sites excluding steroid dienone is 2. The van der Waals surface area contributed by atoms with Gasteiger partial charge < -0.3 is 0 Å². The Kier molecular flexibility index (Phi) is 1.85. The van der Waals surface area contributed by atoms with E-state index >= 15 is 0 Å². The molecule has 0 aromatic carbocycles. The molecule has 1 unspecified atom stereocenters. The molecule has 0 N–H and O–H groups in total. The first-order valence-corrected chi connectivity index (χ1v) is 4.95. The Labute approximate surface area is 75.8 Å². The molecule has 1 atom stereocenters. The van der Waals surface area contributed by atoms with Gasteiger partial charge in [0.2, 0.25) is 0 Å². The minimum absolute atomic E-state index is 0.531. The number of hydrogen-bond acceptors (Lipinski definition) is 2. The van der Waals surface area contributed by atoms with Crippen LogP contribution >= 0.6 is 11.3 Å². The number of thiazole rings is 1. The maximum Gasteiger partial charge on any atom is 0.0811 e. The molecule has 1 aliphatic rings. The van der Waals surface area contributed by atoms with Crippen LogP contribution in [0.2, 0.25) is 0 Å². The van der Waals surface area contributed by atoms with Crippen molar-refractivity contribution < 1.29 is 0 Å². The summed E-state index contributed by atoms with van der Waals surface area (Å²) >= 11 is 1.71. The molecule has 0 spiro atoms. The van der Waals surface area contributed by atoms with Gasteiger partial charge >= 0.3 is 0 Å². The highest BCUT2D eigenvalue weighted by Crippen LogP contribution is 2.07. The molecule has 1 aromatic heterocycles. The molecule has 0 fully saturated rings. The van der Waals surface area contributed by atoms with E-state index in [1.165, 1.54) is 10.1 Å². The number of rotatable bonds is 0. The Hall–Kier alpha value is -0.890. The molecular weight excluding hydrogens is 166 g/mol. The van der Waals surface area contributed by atoms with Gasteiger partial charge in [0.25, 0.3) is 0 Å². The summed E-state index contributed by atoms with van der Waals surface area (Å²) in [6.45, 7) is 4.32. The second-order valence-electron chi connectivity index (χ2n) is 3.18. The molecule has 1 nitrogen and oxygen atoms in total. The zero-order chi connectivity index (χ0) is 8.55. The summed E-state index contributed by atoms with van der Waals surface area (Å²) in [4.78, 5) is 4.29. The van der Waals surface area contributed by atoms with Crippen LogP contribution in [-0.4, -0.2) is 4.98 Å². The quantitative estimate of drug-likeness (QED) is 0.582. The monoisotopic (exact) mass is 177 g/mol. The van der Waals surface area contributed by atoms with Crippen LogP contribution in [0.25, 0.3) is 12.2 Å². The normalized spacial score (nSPS) is 21.5. The van der Waals surface area contributed by atoms with Gasteiger partial charge in [0, 0.05) is 0 Å². The van der Waals surface area contributed by atoms with E-state index < -0.39 is 0 Å². The van der Waals surface area contributed by atoms with Crippen LogP contribution in [0.3, 0.4) is 0 Å². The third kappa shape index (κ3) is 1.34. The van der Waals surface area contributed by atoms with E-state index in [-0.39, 0.29) is 0 Å². The Morgan fingerprint density at radius 2 is 2.25 bits per heavy atom. The van der Waals surface area contributed by atoms with Crippen molar-refractivity contribution in [3.05, 3.63) is 27.0 Å². The first-order valence-electron chi connectivity index (χ1n) is 4.07. The van der Waals surface area contributed by atoms with Crippen LogP contribution in [0.1, 0.15) is 13.8 Å². The zero-order valence-electron chi connectivity index (χ0n) is 7.24. The second-order valence-corrected chi connectivity index (χ2v) is 4.07. The lowest BCUT2D eigenvalue weighted by molar-refractivity contribution is 0.991. The molecule has 1 heterocycles. The standard InChI is InChI=1S/C10H11NS/c1-7-3-8(2)5-10-9(4-7)11-6-12-10/h3-6,8H,1-2H3. The molecule has 2 heteroatoms. The van der Waals surface area contributed by atoms with E-state index in [2.05, 4.69) is 37.1 Å². The summed E-state index contributed by atoms with van der Waals surface area (Å²) in [6.07, 6.45) is 6.67. The fraction of sp³-hybridized carbons (Fsp3) is 0.300. The average Bonchev–Trinajstić information content (AvgIpc) is 2.31. The van der Waals surface area contributed by atoms with Crippen molar-refractivity contribution in [2.45, 2.75) is 13.8 Å². The van der Waals surface area contributed by atoms with Gasteiger partial charge in [-0.2, -0.15) is 0 Å². The van der Waals surface area contributed by atoms with Crippen LogP contribution in [0, 0.1) is 5.92 Å². The van der Waals surface area contributed by atoms with E-state index in [4.69, 9.17) is 0 Å². The third-order valence-corrected chi connectivity index (χ3v) is 2.74. The molecule has 1 aliphatic carbocycles. The van der Waals surface area contributed by atoms with Crippen molar-refractivity contribution in [1.82, 2.24) is 4.98 Å². The van der Waals surface area contributed by atoms with Crippen molar-refractivity contribution in [2.24, 2.45) is 5.92 Å². The fourth-order valence-electron chi connectivity index (χ4n) is 1.46. The van der Waals surface area contributed by atoms with E-state index in [1.54, 1.807) is 11.3 Å². The van der Waals surface area contributed by atoms with Crippen molar-refractivity contribution in [2.75, 3.05) is 0 Å². The summed E-state index contributed by atoms with van der Waals surface area (Å²) in [5.41, 5.74) is 3.21. The Balaban J connectivity index is 2.74. The van der Waals surface area contributed by atoms with Crippen molar-refractivity contribution >= 4 is 23.5 Å². The molecule has 2 rings (SSSR count). The summed E-state index contributed by atoms with van der Waals surface area (Å²) in [7, 11) is 0. The van der Waals surface area contributed by atoms with Crippen LogP contribution in [0.5, 0.6) is 0 Å². The Morgan fingerprint density at radius 1 is 1.42 bits per heavy atom. The van der Waals surface area contributed by atoms with Crippen LogP contribution in [0.4, 0.5) is 0 Å². The molecule has 0 bridgehead atoms. The first kappa shape index (κ1) is 7.74. The maximum absolute atomic E-state index is 4.29. The molecular formula is C10H11NS. The lowest BCUT2D eigenvalue weighted by Gasteiger charge is -1.95. The highest BCUT2D eigenvalue weighted by molar-refractivity contribution is 7.07. The largest absolute Gasteiger partial charge is 0.245 e. The van der Waals surface area contributed by atoms with Gasteiger partial charge in [-0.3, -0.25) is 0 Å². The van der Waals surface area contributed by atoms with Gasteiger partial charge in [-0.1, -0.05) is 24.6 Å². The zero-order valence-corrected chi connectivity index (χ0v) is 8.06. The van der Waals surface area contributed by atoms with Gasteiger partial charge in [-0.15, -0.1) is 11.3 Å². The number of fused-ring (bicyclic) bond motifs is 1. The maximum atomic E-state index is 4.29. The minimum atomic E-state index is 0.531. The molecule has 0 amide bonds. The third-order valence-electron chi connectivity index (χ3n) is 1.93. The Morgan fingerprint density at radius 3 is 3.08 bits per heavy atom. The lowest BCUT2D eigenvalue weighted by atomic mass is 10.1. The van der Waals surface area contributed by atoms with Gasteiger partial charge in [-0.05, 0) is 18.9 Å². The highest BCUT2D eigenvalue weighted by atomic mass is 32.1. The fourth-order valence-corrected chi connectivity index (χ4v) is 2.27. The van der Waals surface area contributed by atoms with Crippen molar-refractivity contribution in [3.8, 4) is 0 Å². The van der Waals surface area contributed by atoms with Gasteiger partial charge in [0.1, 0.15) is 0 Å². The van der Waals surface area contributed by atoms with Crippen molar-refractivity contribution in [3.63, 3.8) is 0 Å². The summed E-state index contributed by atoms with van der Waals surface area (Å²) in [5.74, 6) is 0.531. The topological polar surface area (TPSA) is 12.9 Å². The molecule has 0 saturated carbocycles. The van der Waals surface area contributed by atoms with Crippen molar-refractivity contribution in [1.29, 1.82) is 0 Å². The van der Waals surface area contributed by atoms with Gasteiger partial charge in [-0.25, -0.2) is 4.98 Å². The second kappa shape index (κ2) is 2.87. The summed E-state index contributed by atoms with van der Waals surface area (Å²) in [6, 6.07) is 0. The molecule has 0 radical (unpaired) electrons. The molecule has 0 aliphatic heterocycles. The first-order chi connectivity index (χ1) is 5.75. The smallest absolute Gasteiger partial charge is 0.0811 e. The van der Waals surface area contributed by atoms with E-state index in [9.17, 15) is 0 Å². The van der Waals surface area contributed by atoms with E-state index in [0.29, 0.717) is 5.92 Å². The molecule has 62 valence electrons. The molecule has 12 heavy (non-hydrogen) atoms. The summed E-state index contributed by atoms with van der Waals surface area (Å²) in [5, 5.41) is 1.12. The predicted octanol–water partition coefficient (Wildman–Crippen LogP) is 1.30.